The van der Waals surface area contributed by atoms with E-state index in [1.54, 1.807) is 6.92 Å². The molecule has 0 amide bonds. The standard InChI is InChI=1S/C7H14O4.C3H8O/c1-4-5(8)3-6(9)7(10-2)11-4;1-2-3-4/h4-9H,3H2,1-2H3;4H,2-3H2,1H3/t4-,5+,6+,7+;/m0./s1. The summed E-state index contributed by atoms with van der Waals surface area (Å²) in [5, 5.41) is 26.3. The van der Waals surface area contributed by atoms with Gasteiger partial charge in [0, 0.05) is 20.1 Å². The van der Waals surface area contributed by atoms with Crippen molar-refractivity contribution in [2.24, 2.45) is 0 Å². The van der Waals surface area contributed by atoms with Crippen LogP contribution in [0.1, 0.15) is 26.7 Å². The lowest BCUT2D eigenvalue weighted by molar-refractivity contribution is -0.251. The van der Waals surface area contributed by atoms with Gasteiger partial charge in [0.25, 0.3) is 0 Å². The summed E-state index contributed by atoms with van der Waals surface area (Å²) in [4.78, 5) is 0. The number of aliphatic hydroxyl groups excluding tert-OH is 3. The van der Waals surface area contributed by atoms with Crippen molar-refractivity contribution in [3.8, 4) is 0 Å². The second kappa shape index (κ2) is 8.01. The molecule has 4 atom stereocenters. The molecule has 15 heavy (non-hydrogen) atoms. The van der Waals surface area contributed by atoms with E-state index >= 15 is 0 Å². The first-order valence-corrected chi connectivity index (χ1v) is 5.22. The predicted molar refractivity (Wildman–Crippen MR) is 55.4 cm³/mol. The second-order valence-electron chi connectivity index (χ2n) is 3.54. The fourth-order valence-corrected chi connectivity index (χ4v) is 1.16. The monoisotopic (exact) mass is 222 g/mol. The van der Waals surface area contributed by atoms with Gasteiger partial charge in [0.05, 0.1) is 12.2 Å². The summed E-state index contributed by atoms with van der Waals surface area (Å²) in [6.07, 6.45) is -0.959. The number of methoxy groups -OCH3 is 1. The van der Waals surface area contributed by atoms with Crippen LogP contribution in [0.4, 0.5) is 0 Å². The van der Waals surface area contributed by atoms with Gasteiger partial charge in [0.1, 0.15) is 6.10 Å². The lowest BCUT2D eigenvalue weighted by atomic mass is 10.0. The van der Waals surface area contributed by atoms with E-state index in [1.807, 2.05) is 6.92 Å². The van der Waals surface area contributed by atoms with Crippen molar-refractivity contribution in [3.63, 3.8) is 0 Å². The van der Waals surface area contributed by atoms with E-state index in [0.29, 0.717) is 13.0 Å². The van der Waals surface area contributed by atoms with Crippen molar-refractivity contribution in [2.45, 2.75) is 51.3 Å². The van der Waals surface area contributed by atoms with E-state index in [2.05, 4.69) is 0 Å². The zero-order chi connectivity index (χ0) is 11.8. The van der Waals surface area contributed by atoms with Crippen molar-refractivity contribution < 1.29 is 24.8 Å². The molecule has 0 spiro atoms. The molecule has 0 aliphatic carbocycles. The van der Waals surface area contributed by atoms with Gasteiger partial charge in [0.15, 0.2) is 6.29 Å². The van der Waals surface area contributed by atoms with Crippen LogP contribution in [0.2, 0.25) is 0 Å². The number of aliphatic hydroxyl groups is 3. The van der Waals surface area contributed by atoms with E-state index in [4.69, 9.17) is 14.6 Å². The molecule has 1 heterocycles. The number of hydrogen-bond acceptors (Lipinski definition) is 5. The Morgan fingerprint density at radius 2 is 1.87 bits per heavy atom. The highest BCUT2D eigenvalue weighted by atomic mass is 16.7. The minimum absolute atomic E-state index is 0.261. The Labute approximate surface area is 90.6 Å². The van der Waals surface area contributed by atoms with Gasteiger partial charge in [0.2, 0.25) is 0 Å². The summed E-state index contributed by atoms with van der Waals surface area (Å²) in [7, 11) is 1.47. The normalized spacial score (nSPS) is 35.6. The molecule has 1 saturated heterocycles. The number of rotatable bonds is 2. The first-order valence-electron chi connectivity index (χ1n) is 5.22. The quantitative estimate of drug-likeness (QED) is 0.607. The molecule has 5 heteroatoms. The molecule has 92 valence electrons. The summed E-state index contributed by atoms with van der Waals surface area (Å²) in [6.45, 7) is 4.00. The SMILES string of the molecule is CCCO.CO[C@@H]1O[C@@H](C)[C@H](O)C[C@H]1O. The maximum absolute atomic E-state index is 9.25. The highest BCUT2D eigenvalue weighted by Crippen LogP contribution is 2.19. The van der Waals surface area contributed by atoms with Crippen molar-refractivity contribution in [1.82, 2.24) is 0 Å². The van der Waals surface area contributed by atoms with Crippen LogP contribution in [-0.2, 0) is 9.47 Å². The van der Waals surface area contributed by atoms with Gasteiger partial charge in [-0.3, -0.25) is 0 Å². The Morgan fingerprint density at radius 1 is 1.33 bits per heavy atom. The van der Waals surface area contributed by atoms with Crippen LogP contribution in [-0.4, -0.2) is 53.6 Å². The molecule has 1 fully saturated rings. The van der Waals surface area contributed by atoms with Crippen LogP contribution in [0, 0.1) is 0 Å². The summed E-state index contributed by atoms with van der Waals surface area (Å²) in [5.41, 5.74) is 0. The van der Waals surface area contributed by atoms with Crippen molar-refractivity contribution >= 4 is 0 Å². The fourth-order valence-electron chi connectivity index (χ4n) is 1.16. The molecule has 0 aromatic carbocycles. The van der Waals surface area contributed by atoms with Gasteiger partial charge in [-0.15, -0.1) is 0 Å². The molecule has 1 rings (SSSR count). The molecule has 0 aromatic heterocycles. The average Bonchev–Trinajstić information content (AvgIpc) is 2.24. The zero-order valence-corrected chi connectivity index (χ0v) is 9.59. The predicted octanol–water partition coefficient (Wildman–Crippen LogP) is -0.122. The average molecular weight is 222 g/mol. The second-order valence-corrected chi connectivity index (χ2v) is 3.54. The molecule has 0 aromatic rings. The molecule has 0 saturated carbocycles. The van der Waals surface area contributed by atoms with E-state index in [-0.39, 0.29) is 6.10 Å². The van der Waals surface area contributed by atoms with E-state index < -0.39 is 18.5 Å². The molecule has 0 unspecified atom stereocenters. The minimum atomic E-state index is -0.716. The molecule has 1 aliphatic rings. The van der Waals surface area contributed by atoms with Gasteiger partial charge in [-0.25, -0.2) is 0 Å². The van der Waals surface area contributed by atoms with E-state index in [1.165, 1.54) is 7.11 Å². The Balaban J connectivity index is 0.000000423. The summed E-state index contributed by atoms with van der Waals surface area (Å²) in [5.74, 6) is 0. The number of hydrogen-bond donors (Lipinski definition) is 3. The van der Waals surface area contributed by atoms with Crippen LogP contribution >= 0.6 is 0 Å². The van der Waals surface area contributed by atoms with Crippen LogP contribution in [0.15, 0.2) is 0 Å². The van der Waals surface area contributed by atoms with Crippen molar-refractivity contribution in [1.29, 1.82) is 0 Å². The smallest absolute Gasteiger partial charge is 0.183 e. The van der Waals surface area contributed by atoms with Crippen LogP contribution in [0.5, 0.6) is 0 Å². The summed E-state index contributed by atoms with van der Waals surface area (Å²) < 4.78 is 9.98. The van der Waals surface area contributed by atoms with Crippen LogP contribution in [0.3, 0.4) is 0 Å². The van der Waals surface area contributed by atoms with E-state index in [9.17, 15) is 10.2 Å². The lowest BCUT2D eigenvalue weighted by Gasteiger charge is -2.34. The first-order chi connectivity index (χ1) is 7.06. The van der Waals surface area contributed by atoms with Crippen molar-refractivity contribution in [3.05, 3.63) is 0 Å². The van der Waals surface area contributed by atoms with Gasteiger partial charge in [-0.2, -0.15) is 0 Å². The van der Waals surface area contributed by atoms with Gasteiger partial charge >= 0.3 is 0 Å². The molecule has 5 nitrogen and oxygen atoms in total. The van der Waals surface area contributed by atoms with Gasteiger partial charge in [-0.1, -0.05) is 6.92 Å². The molecular formula is C10H22O5. The topological polar surface area (TPSA) is 79.2 Å². The molecule has 3 N–H and O–H groups in total. The van der Waals surface area contributed by atoms with Crippen molar-refractivity contribution in [2.75, 3.05) is 13.7 Å². The third-order valence-corrected chi connectivity index (χ3v) is 2.14. The summed E-state index contributed by atoms with van der Waals surface area (Å²) >= 11 is 0. The third-order valence-electron chi connectivity index (χ3n) is 2.14. The fraction of sp³-hybridized carbons (Fsp3) is 1.00. The zero-order valence-electron chi connectivity index (χ0n) is 9.59. The maximum Gasteiger partial charge on any atom is 0.183 e. The lowest BCUT2D eigenvalue weighted by Crippen LogP contribution is -2.46. The Kier molecular flexibility index (Phi) is 7.90. The first kappa shape index (κ1) is 14.8. The Morgan fingerprint density at radius 3 is 2.27 bits per heavy atom. The highest BCUT2D eigenvalue weighted by Gasteiger charge is 2.33. The largest absolute Gasteiger partial charge is 0.396 e. The Hall–Kier alpha value is -0.200. The number of ether oxygens (including phenoxy) is 2. The Bertz CT molecular complexity index is 151. The molecule has 0 radical (unpaired) electrons. The van der Waals surface area contributed by atoms with Gasteiger partial charge < -0.3 is 24.8 Å². The highest BCUT2D eigenvalue weighted by molar-refractivity contribution is 4.77. The van der Waals surface area contributed by atoms with Crippen LogP contribution < -0.4 is 0 Å². The minimum Gasteiger partial charge on any atom is -0.396 e. The third kappa shape index (κ3) is 5.44. The maximum atomic E-state index is 9.25. The molecular weight excluding hydrogens is 200 g/mol. The molecule has 0 bridgehead atoms. The summed E-state index contributed by atoms with van der Waals surface area (Å²) in [6, 6.07) is 0. The molecule has 1 aliphatic heterocycles. The van der Waals surface area contributed by atoms with Gasteiger partial charge in [-0.05, 0) is 13.3 Å². The van der Waals surface area contributed by atoms with E-state index in [0.717, 1.165) is 6.42 Å². The van der Waals surface area contributed by atoms with Crippen LogP contribution in [0.25, 0.3) is 0 Å².